The Morgan fingerprint density at radius 1 is 0.407 bits per heavy atom. The van der Waals surface area contributed by atoms with Gasteiger partial charge in [-0.25, -0.2) is 39.7 Å². The molecule has 38 heteroatoms. The topological polar surface area (TPSA) is 380 Å². The molecule has 8 amide bonds. The number of carbonyl (C=O) groups excluding carboxylic acids is 7. The quantitative estimate of drug-likeness (QED) is 0.0143. The predicted molar refractivity (Wildman–Crippen MR) is 562 cm³/mol. The molecule has 31 nitrogen and oxygen atoms in total. The van der Waals surface area contributed by atoms with Gasteiger partial charge >= 0.3 is 6.03 Å². The normalized spacial score (nSPS) is 17.3. The van der Waals surface area contributed by atoms with Gasteiger partial charge in [0, 0.05) is 169 Å². The number of rotatable bonds is 32. The van der Waals surface area contributed by atoms with E-state index in [1.54, 1.807) is 142 Å². The van der Waals surface area contributed by atoms with Crippen LogP contribution in [0, 0.1) is 0 Å². The van der Waals surface area contributed by atoms with Crippen LogP contribution in [0.4, 0.5) is 42.4 Å². The van der Waals surface area contributed by atoms with Gasteiger partial charge in [-0.15, -0.1) is 46.6 Å². The summed E-state index contributed by atoms with van der Waals surface area (Å²) in [6.07, 6.45) is 34.8. The molecule has 742 valence electrons. The van der Waals surface area contributed by atoms with Crippen molar-refractivity contribution >= 4 is 160 Å². The van der Waals surface area contributed by atoms with E-state index in [-0.39, 0.29) is 88.0 Å². The van der Waals surface area contributed by atoms with E-state index in [9.17, 15) is 33.6 Å². The highest BCUT2D eigenvalue weighted by Crippen LogP contribution is 2.39. The van der Waals surface area contributed by atoms with Crippen LogP contribution in [0.3, 0.4) is 0 Å². The lowest BCUT2D eigenvalue weighted by Gasteiger charge is -2.39. The number of ether oxygens (including phenoxy) is 1. The molecule has 8 N–H and O–H groups in total. The van der Waals surface area contributed by atoms with E-state index >= 15 is 0 Å². The van der Waals surface area contributed by atoms with Crippen LogP contribution in [0.25, 0.3) is 0 Å². The average Bonchev–Trinajstić information content (AvgIpc) is 1.79. The van der Waals surface area contributed by atoms with E-state index in [0.29, 0.717) is 72.8 Å². The number of aryl methyl sites for hydroxylation is 2. The lowest BCUT2D eigenvalue weighted by atomic mass is 9.93. The number of amides is 8. The number of benzene rings is 3. The summed E-state index contributed by atoms with van der Waals surface area (Å²) < 4.78 is 27.3. The molecule has 0 radical (unpaired) electrons. The molecule has 140 heavy (non-hydrogen) atoms. The SMILES string of the molecule is C=CC(=O)NC1CCN(C(=O)N2CCC[C@@H](Nc3ncc(SCc4ncc(C(C)(C)C)o4)s3)C2)CC1.C=CC(=O)Nc1ccc(C(=O)N2CCC[C@@H](Nc3ncc(CCc4ncc(C(C)(C)C)o4)s3)C2)cc1.C=CC(=O)Nc1ccc(C(=O)N2CCC[C@@H](Nc3ncc(SCc4ccncc4)s3)C2)cc1.C=CC(=O)Nc1ccc(OC2CCCC(Nc3ncc(SCc4ncc(C(C)(C)C)o4)s3)C2)cc1. The molecule has 0 bridgehead atoms. The number of urea groups is 1. The van der Waals surface area contributed by atoms with Gasteiger partial charge in [0.25, 0.3) is 11.8 Å². The standard InChI is InChI=1S/C27H33N5O3S.C26H32N4O3S2.C25H36N6O3S2.C24H25N5O2S2/c1-5-23(33)30-19-10-8-18(9-11-19)25(34)32-14-6-7-20(17-32)31-26-29-15-21(36-26)12-13-24-28-16-22(35-24)27(2,3)4;1-5-22(31)29-17-9-11-19(12-10-17)32-20-8-6-7-18(13-20)30-25-28-15-24(35-25)34-16-23-27-14-21(33-23)26(2,3)4;1-5-20(32)28-17-8-11-30(12-9-17)24(33)31-10-6-7-18(15-31)29-23-27-14-22(36-23)35-16-21-26-13-19(34-21)25(2,3)4;1-2-21(30)27-19-7-5-18(6-8-19)23(31)29-13-3-4-20(15-29)28-24-26-14-22(33-24)32-16-17-9-11-25-12-10-17/h5,8-11,15-16,20H,1,6-7,12-14,17H2,2-4H3,(H,29,31)(H,30,33);5,9-12,14-15,18,20H,1,6-8,13,16H2,2-4H3,(H,28,30)(H,29,31);5,13-14,17-18H,1,6-12,15-16H2,2-4H3,(H,27,29)(H,28,32);2,5-12,14,20H,1,3-4,13,15-16H2,(H,26,28)(H,27,30)/t20-;;18-;20-/m1.11/s1. The summed E-state index contributed by atoms with van der Waals surface area (Å²) in [5, 5.41) is 28.8. The molecule has 4 aliphatic heterocycles. The van der Waals surface area contributed by atoms with Crippen molar-refractivity contribution in [1.29, 1.82) is 0 Å². The molecular weight excluding hydrogens is 1910 g/mol. The molecular formula is C102H126N20O11S7. The fourth-order valence-electron chi connectivity index (χ4n) is 15.7. The molecule has 8 aromatic heterocycles. The summed E-state index contributed by atoms with van der Waals surface area (Å²) in [6.45, 7) is 38.3. The first-order chi connectivity index (χ1) is 67.3. The van der Waals surface area contributed by atoms with Crippen LogP contribution in [-0.4, -0.2) is 190 Å². The Hall–Kier alpha value is -11.9. The first kappa shape index (κ1) is 105. The molecule has 2 unspecified atom stereocenters. The van der Waals surface area contributed by atoms with Crippen molar-refractivity contribution in [1.82, 2.24) is 64.8 Å². The van der Waals surface area contributed by atoms with Crippen molar-refractivity contribution < 1.29 is 51.6 Å². The number of nitrogens with one attached hydrogen (secondary N) is 8. The van der Waals surface area contributed by atoms with E-state index < -0.39 is 0 Å². The third-order valence-corrected chi connectivity index (χ3v) is 30.8. The highest BCUT2D eigenvalue weighted by molar-refractivity contribution is 8.01. The zero-order chi connectivity index (χ0) is 99.3. The number of thiazole rings is 4. The largest absolute Gasteiger partial charge is 0.490 e. The number of aromatic nitrogens is 8. The Morgan fingerprint density at radius 2 is 0.800 bits per heavy atom. The second-order valence-electron chi connectivity index (χ2n) is 37.6. The van der Waals surface area contributed by atoms with Gasteiger partial charge in [-0.3, -0.25) is 33.8 Å². The highest BCUT2D eigenvalue weighted by atomic mass is 32.2. The molecule has 3 aromatic carbocycles. The van der Waals surface area contributed by atoms with Crippen molar-refractivity contribution in [2.45, 2.75) is 235 Å². The zero-order valence-electron chi connectivity index (χ0n) is 80.8. The fraction of sp³-hybridized carbons (Fsp3) is 0.422. The van der Waals surface area contributed by atoms with Crippen LogP contribution >= 0.6 is 80.6 Å². The minimum absolute atomic E-state index is 0.00386. The number of carbonyl (C=O) groups is 7. The maximum atomic E-state index is 13.1. The second-order valence-corrected chi connectivity index (χ2v) is 45.6. The molecule has 1 saturated carbocycles. The van der Waals surface area contributed by atoms with Crippen LogP contribution < -0.4 is 47.3 Å². The fourth-order valence-corrected chi connectivity index (χ4v) is 22.1. The number of likely N-dealkylation sites (tertiary alicyclic amines) is 4. The lowest BCUT2D eigenvalue weighted by Crippen LogP contribution is -2.54. The summed E-state index contributed by atoms with van der Waals surface area (Å²) in [6, 6.07) is 26.4. The summed E-state index contributed by atoms with van der Waals surface area (Å²) in [5.41, 5.74) is 4.30. The van der Waals surface area contributed by atoms with Crippen LogP contribution in [0.15, 0.2) is 217 Å². The van der Waals surface area contributed by atoms with Crippen LogP contribution in [0.1, 0.15) is 205 Å². The number of anilines is 7. The third kappa shape index (κ3) is 32.8. The van der Waals surface area contributed by atoms with Crippen LogP contribution in [-0.2, 0) is 65.5 Å². The predicted octanol–water partition coefficient (Wildman–Crippen LogP) is 20.9. The zero-order valence-corrected chi connectivity index (χ0v) is 86.5. The molecule has 4 saturated heterocycles. The molecule has 16 rings (SSSR count). The van der Waals surface area contributed by atoms with Crippen molar-refractivity contribution in [3.8, 4) is 5.75 Å². The Kier molecular flexibility index (Phi) is 38.4. The number of hydrogen-bond acceptors (Lipinski definition) is 30. The summed E-state index contributed by atoms with van der Waals surface area (Å²) in [5.74, 6) is 7.00. The molecule has 11 aromatic rings. The Labute approximate surface area is 847 Å². The Balaban J connectivity index is 0.000000157. The van der Waals surface area contributed by atoms with Crippen molar-refractivity contribution in [3.05, 3.63) is 248 Å². The second kappa shape index (κ2) is 51.0. The monoisotopic (exact) mass is 2030 g/mol. The van der Waals surface area contributed by atoms with E-state index in [0.717, 1.165) is 195 Å². The van der Waals surface area contributed by atoms with Gasteiger partial charge < -0.3 is 80.1 Å². The molecule has 5 fully saturated rings. The average molecular weight is 2030 g/mol. The number of hydrogen-bond donors (Lipinski definition) is 8. The minimum Gasteiger partial charge on any atom is -0.490 e. The summed E-state index contributed by atoms with van der Waals surface area (Å²) >= 11 is 11.7. The highest BCUT2D eigenvalue weighted by Gasteiger charge is 2.34. The van der Waals surface area contributed by atoms with Gasteiger partial charge in [-0.2, -0.15) is 0 Å². The maximum Gasteiger partial charge on any atom is 0.320 e. The molecule has 1 aliphatic carbocycles. The molecule has 5 aliphatic rings. The molecule has 12 heterocycles. The van der Waals surface area contributed by atoms with E-state index in [1.165, 1.54) is 34.7 Å². The van der Waals surface area contributed by atoms with E-state index in [4.69, 9.17) is 18.0 Å². The van der Waals surface area contributed by atoms with Crippen molar-refractivity contribution in [2.24, 2.45) is 0 Å². The summed E-state index contributed by atoms with van der Waals surface area (Å²) in [7, 11) is 0. The Morgan fingerprint density at radius 3 is 1.24 bits per heavy atom. The number of nitrogens with zero attached hydrogens (tertiary/aromatic N) is 12. The third-order valence-electron chi connectivity index (χ3n) is 23.4. The minimum atomic E-state index is -0.281. The van der Waals surface area contributed by atoms with Crippen LogP contribution in [0.5, 0.6) is 5.75 Å². The van der Waals surface area contributed by atoms with Crippen molar-refractivity contribution in [3.63, 3.8) is 0 Å². The molecule has 5 atom stereocenters. The summed E-state index contributed by atoms with van der Waals surface area (Å²) in [4.78, 5) is 129. The van der Waals surface area contributed by atoms with Crippen molar-refractivity contribution in [2.75, 3.05) is 89.6 Å². The van der Waals surface area contributed by atoms with Crippen LogP contribution in [0.2, 0.25) is 0 Å². The van der Waals surface area contributed by atoms with Gasteiger partial charge in [0.05, 0.1) is 61.3 Å². The molecule has 0 spiro atoms. The Bertz CT molecular complexity index is 5930. The number of pyridine rings is 1. The van der Waals surface area contributed by atoms with E-state index in [2.05, 4.69) is 171 Å². The van der Waals surface area contributed by atoms with Gasteiger partial charge in [0.1, 0.15) is 29.1 Å². The lowest BCUT2D eigenvalue weighted by molar-refractivity contribution is -0.117. The maximum absolute atomic E-state index is 13.1. The number of oxazole rings is 3. The van der Waals surface area contributed by atoms with Gasteiger partial charge in [0.15, 0.2) is 26.4 Å². The van der Waals surface area contributed by atoms with E-state index in [1.807, 2.05) is 99.4 Å². The number of piperidine rings is 4. The van der Waals surface area contributed by atoms with Gasteiger partial charge in [0.2, 0.25) is 35.4 Å². The van der Waals surface area contributed by atoms with Gasteiger partial charge in [-0.05, 0) is 192 Å². The first-order valence-electron chi connectivity index (χ1n) is 47.1. The van der Waals surface area contributed by atoms with Gasteiger partial charge in [-0.1, -0.05) is 123 Å². The smallest absolute Gasteiger partial charge is 0.320 e. The number of thioether (sulfide) groups is 3. The first-order valence-corrected chi connectivity index (χ1v) is 53.4.